The molecule has 144 valence electrons. The molecule has 0 bridgehead atoms. The van der Waals surface area contributed by atoms with Gasteiger partial charge in [-0.3, -0.25) is 0 Å². The maximum absolute atomic E-state index is 12.6. The van der Waals surface area contributed by atoms with Crippen LogP contribution in [0, 0.1) is 0 Å². The Bertz CT molecular complexity index is 906. The van der Waals surface area contributed by atoms with Crippen LogP contribution in [0.3, 0.4) is 0 Å². The van der Waals surface area contributed by atoms with Gasteiger partial charge in [-0.05, 0) is 18.6 Å². The summed E-state index contributed by atoms with van der Waals surface area (Å²) in [4.78, 5) is 24.7. The Morgan fingerprint density at radius 2 is 1.86 bits per heavy atom. The van der Waals surface area contributed by atoms with Crippen molar-refractivity contribution in [3.8, 4) is 5.75 Å². The molecule has 3 rings (SSSR count). The largest absolute Gasteiger partial charge is 0.489 e. The Labute approximate surface area is 163 Å². The zero-order chi connectivity index (χ0) is 19.9. The first-order valence-corrected chi connectivity index (χ1v) is 8.92. The van der Waals surface area contributed by atoms with Gasteiger partial charge in [0.25, 0.3) is 0 Å². The van der Waals surface area contributed by atoms with E-state index in [1.165, 1.54) is 6.08 Å². The van der Waals surface area contributed by atoms with Crippen molar-refractivity contribution in [2.75, 3.05) is 6.61 Å². The number of allylic oxidation sites excluding steroid dienone is 1. The molecule has 0 saturated heterocycles. The van der Waals surface area contributed by atoms with Crippen LogP contribution in [0.15, 0.2) is 78.5 Å². The number of nitrogens with one attached hydrogen (secondary N) is 2. The average molecular weight is 378 g/mol. The third kappa shape index (κ3) is 4.40. The van der Waals surface area contributed by atoms with Gasteiger partial charge in [0.2, 0.25) is 0 Å². The first kappa shape index (κ1) is 19.2. The monoisotopic (exact) mass is 378 g/mol. The van der Waals surface area contributed by atoms with E-state index in [-0.39, 0.29) is 12.6 Å². The molecular weight excluding hydrogens is 356 g/mol. The summed E-state index contributed by atoms with van der Waals surface area (Å²) in [6.45, 7) is 5.68. The highest BCUT2D eigenvalue weighted by atomic mass is 16.5. The van der Waals surface area contributed by atoms with Gasteiger partial charge in [-0.25, -0.2) is 9.59 Å². The number of benzene rings is 2. The molecular formula is C22H22N2O4. The van der Waals surface area contributed by atoms with Gasteiger partial charge in [-0.15, -0.1) is 0 Å². The second-order valence-corrected chi connectivity index (χ2v) is 6.27. The second-order valence-electron chi connectivity index (χ2n) is 6.27. The zero-order valence-corrected chi connectivity index (χ0v) is 15.6. The molecule has 0 radical (unpaired) electrons. The van der Waals surface area contributed by atoms with Gasteiger partial charge < -0.3 is 20.1 Å². The quantitative estimate of drug-likeness (QED) is 0.570. The van der Waals surface area contributed by atoms with Gasteiger partial charge in [0.15, 0.2) is 0 Å². The Kier molecular flexibility index (Phi) is 6.11. The van der Waals surface area contributed by atoms with Crippen molar-refractivity contribution in [2.45, 2.75) is 19.6 Å². The van der Waals surface area contributed by atoms with Gasteiger partial charge in [0.05, 0.1) is 11.6 Å². The van der Waals surface area contributed by atoms with Gasteiger partial charge in [-0.2, -0.15) is 0 Å². The van der Waals surface area contributed by atoms with E-state index < -0.39 is 12.0 Å². The molecule has 2 N–H and O–H groups in total. The summed E-state index contributed by atoms with van der Waals surface area (Å²) in [5.74, 6) is 0.0631. The van der Waals surface area contributed by atoms with Crippen LogP contribution in [-0.2, 0) is 16.1 Å². The minimum absolute atomic E-state index is 0.0857. The van der Waals surface area contributed by atoms with Gasteiger partial charge >= 0.3 is 12.0 Å². The Morgan fingerprint density at radius 3 is 2.61 bits per heavy atom. The number of ether oxygens (including phenoxy) is 2. The van der Waals surface area contributed by atoms with E-state index in [4.69, 9.17) is 9.47 Å². The number of amides is 2. The number of carbonyl (C=O) groups excluding carboxylic acids is 2. The number of rotatable bonds is 7. The molecule has 0 saturated carbocycles. The summed E-state index contributed by atoms with van der Waals surface area (Å²) in [5.41, 5.74) is 2.47. The molecule has 6 nitrogen and oxygen atoms in total. The summed E-state index contributed by atoms with van der Waals surface area (Å²) >= 11 is 0. The van der Waals surface area contributed by atoms with E-state index in [9.17, 15) is 9.59 Å². The lowest BCUT2D eigenvalue weighted by molar-refractivity contribution is -0.138. The minimum atomic E-state index is -0.682. The Hall–Kier alpha value is -3.54. The highest BCUT2D eigenvalue weighted by Crippen LogP contribution is 2.33. The molecule has 1 unspecified atom stereocenters. The molecule has 28 heavy (non-hydrogen) atoms. The van der Waals surface area contributed by atoms with E-state index in [2.05, 4.69) is 17.2 Å². The van der Waals surface area contributed by atoms with Crippen LogP contribution in [0.25, 0.3) is 0 Å². The lowest BCUT2D eigenvalue weighted by atomic mass is 9.95. The van der Waals surface area contributed by atoms with Crippen molar-refractivity contribution in [3.63, 3.8) is 0 Å². The lowest BCUT2D eigenvalue weighted by Gasteiger charge is -2.29. The molecule has 1 heterocycles. The smallest absolute Gasteiger partial charge is 0.338 e. The van der Waals surface area contributed by atoms with Crippen LogP contribution in [0.1, 0.15) is 24.1 Å². The summed E-state index contributed by atoms with van der Waals surface area (Å²) < 4.78 is 11.2. The van der Waals surface area contributed by atoms with Crippen molar-refractivity contribution in [3.05, 3.63) is 89.6 Å². The molecule has 0 fully saturated rings. The first-order valence-electron chi connectivity index (χ1n) is 8.92. The summed E-state index contributed by atoms with van der Waals surface area (Å²) in [6.07, 6.45) is 1.49. The van der Waals surface area contributed by atoms with Crippen LogP contribution in [0.2, 0.25) is 0 Å². The molecule has 1 aliphatic heterocycles. The van der Waals surface area contributed by atoms with Crippen molar-refractivity contribution >= 4 is 12.0 Å². The van der Waals surface area contributed by atoms with E-state index in [0.29, 0.717) is 29.2 Å². The number of hydrogen-bond donors (Lipinski definition) is 2. The first-order chi connectivity index (χ1) is 13.6. The van der Waals surface area contributed by atoms with Gasteiger partial charge in [0, 0.05) is 11.3 Å². The van der Waals surface area contributed by atoms with Crippen LogP contribution in [0.5, 0.6) is 5.75 Å². The SMILES string of the molecule is C=CCOC(=O)C1=C(C)NC(=O)NC1c1ccccc1OCc1ccccc1. The third-order valence-electron chi connectivity index (χ3n) is 4.29. The molecule has 1 aliphatic rings. The fraction of sp³-hybridized carbons (Fsp3) is 0.182. The Morgan fingerprint density at radius 1 is 1.14 bits per heavy atom. The van der Waals surface area contributed by atoms with E-state index in [0.717, 1.165) is 5.56 Å². The predicted octanol–water partition coefficient (Wildman–Crippen LogP) is 3.62. The second kappa shape index (κ2) is 8.90. The van der Waals surface area contributed by atoms with Gasteiger partial charge in [0.1, 0.15) is 19.0 Å². The lowest BCUT2D eigenvalue weighted by Crippen LogP contribution is -2.45. The Balaban J connectivity index is 1.91. The molecule has 0 aromatic heterocycles. The van der Waals surface area contributed by atoms with Crippen LogP contribution >= 0.6 is 0 Å². The van der Waals surface area contributed by atoms with Crippen LogP contribution in [-0.4, -0.2) is 18.6 Å². The fourth-order valence-electron chi connectivity index (χ4n) is 3.00. The van der Waals surface area contributed by atoms with Crippen molar-refractivity contribution in [1.29, 1.82) is 0 Å². The third-order valence-corrected chi connectivity index (χ3v) is 4.29. The molecule has 1 atom stereocenters. The molecule has 6 heteroatoms. The van der Waals surface area contributed by atoms with Crippen molar-refractivity contribution in [2.24, 2.45) is 0 Å². The fourth-order valence-corrected chi connectivity index (χ4v) is 3.00. The predicted molar refractivity (Wildman–Crippen MR) is 105 cm³/mol. The van der Waals surface area contributed by atoms with E-state index in [1.54, 1.807) is 6.92 Å². The molecule has 2 aromatic rings. The number of para-hydroxylation sites is 1. The van der Waals surface area contributed by atoms with Crippen molar-refractivity contribution in [1.82, 2.24) is 10.6 Å². The standard InChI is InChI=1S/C22H22N2O4/c1-3-13-27-21(25)19-15(2)23-22(26)24-20(19)17-11-7-8-12-18(17)28-14-16-9-5-4-6-10-16/h3-12,20H,1,13-14H2,2H3,(H2,23,24,26). The van der Waals surface area contributed by atoms with Crippen molar-refractivity contribution < 1.29 is 19.1 Å². The average Bonchev–Trinajstić information content (AvgIpc) is 2.71. The van der Waals surface area contributed by atoms with E-state index in [1.807, 2.05) is 54.6 Å². The molecule has 0 spiro atoms. The molecule has 2 amide bonds. The minimum Gasteiger partial charge on any atom is -0.489 e. The number of urea groups is 1. The van der Waals surface area contributed by atoms with Crippen LogP contribution < -0.4 is 15.4 Å². The number of esters is 1. The summed E-state index contributed by atoms with van der Waals surface area (Å²) in [7, 11) is 0. The van der Waals surface area contributed by atoms with Gasteiger partial charge in [-0.1, -0.05) is 61.2 Å². The maximum Gasteiger partial charge on any atom is 0.338 e. The van der Waals surface area contributed by atoms with Crippen LogP contribution in [0.4, 0.5) is 4.79 Å². The highest BCUT2D eigenvalue weighted by Gasteiger charge is 2.33. The molecule has 0 aliphatic carbocycles. The molecule has 2 aromatic carbocycles. The topological polar surface area (TPSA) is 76.7 Å². The van der Waals surface area contributed by atoms with E-state index >= 15 is 0 Å². The number of carbonyl (C=O) groups is 2. The normalized spacial score (nSPS) is 16.0. The highest BCUT2D eigenvalue weighted by molar-refractivity contribution is 5.95. The summed E-state index contributed by atoms with van der Waals surface area (Å²) in [6, 6.07) is 16.0. The maximum atomic E-state index is 12.6. The zero-order valence-electron chi connectivity index (χ0n) is 15.6. The number of hydrogen-bond acceptors (Lipinski definition) is 4. The summed E-state index contributed by atoms with van der Waals surface area (Å²) in [5, 5.41) is 5.42.